The Morgan fingerprint density at radius 2 is 1.57 bits per heavy atom. The molecule has 6 nitrogen and oxygen atoms in total. The second kappa shape index (κ2) is 9.77. The van der Waals surface area contributed by atoms with Gasteiger partial charge in [-0.15, -0.1) is 0 Å². The Morgan fingerprint density at radius 1 is 1.00 bits per heavy atom. The Balaban J connectivity index is 2.12. The van der Waals surface area contributed by atoms with Crippen molar-refractivity contribution in [2.75, 3.05) is 7.11 Å². The zero-order chi connectivity index (χ0) is 15.5. The minimum absolute atomic E-state index is 0.270. The maximum absolute atomic E-state index is 11.6. The average molecular weight is 295 g/mol. The highest BCUT2D eigenvalue weighted by Gasteiger charge is 2.05. The maximum atomic E-state index is 11.6. The van der Waals surface area contributed by atoms with Crippen molar-refractivity contribution in [1.82, 2.24) is 5.48 Å². The Bertz CT molecular complexity index is 444. The molecule has 116 valence electrons. The third-order valence-electron chi connectivity index (χ3n) is 2.95. The number of unbranched alkanes of at least 4 members (excludes halogenated alkanes) is 3. The summed E-state index contributed by atoms with van der Waals surface area (Å²) in [5, 5.41) is 8.31. The quantitative estimate of drug-likeness (QED) is 0.240. The zero-order valence-corrected chi connectivity index (χ0v) is 12.1. The molecular formula is C15H21NO5. The highest BCUT2D eigenvalue weighted by molar-refractivity contribution is 5.74. The van der Waals surface area contributed by atoms with Crippen LogP contribution in [0.3, 0.4) is 0 Å². The number of hydrogen-bond donors (Lipinski definition) is 2. The van der Waals surface area contributed by atoms with Gasteiger partial charge in [-0.05, 0) is 37.1 Å². The highest BCUT2D eigenvalue weighted by atomic mass is 16.5. The van der Waals surface area contributed by atoms with Gasteiger partial charge < -0.3 is 9.47 Å². The molecule has 21 heavy (non-hydrogen) atoms. The average Bonchev–Trinajstić information content (AvgIpc) is 2.51. The molecule has 1 aromatic rings. The lowest BCUT2D eigenvalue weighted by Gasteiger charge is -2.05. The lowest BCUT2D eigenvalue weighted by molar-refractivity contribution is -0.134. The molecule has 0 aliphatic carbocycles. The van der Waals surface area contributed by atoms with Crippen molar-refractivity contribution in [3.63, 3.8) is 0 Å². The fourth-order valence-corrected chi connectivity index (χ4v) is 1.79. The monoisotopic (exact) mass is 295 g/mol. The van der Waals surface area contributed by atoms with Crippen LogP contribution in [-0.2, 0) is 9.59 Å². The third kappa shape index (κ3) is 7.31. The van der Waals surface area contributed by atoms with Crippen LogP contribution in [0.25, 0.3) is 0 Å². The van der Waals surface area contributed by atoms with E-state index in [2.05, 4.69) is 0 Å². The van der Waals surface area contributed by atoms with Gasteiger partial charge in [0, 0.05) is 12.8 Å². The largest absolute Gasteiger partial charge is 0.497 e. The van der Waals surface area contributed by atoms with Gasteiger partial charge in [-0.2, -0.15) is 0 Å². The predicted molar refractivity (Wildman–Crippen MR) is 76.3 cm³/mol. The van der Waals surface area contributed by atoms with Crippen LogP contribution in [0.1, 0.15) is 38.5 Å². The summed E-state index contributed by atoms with van der Waals surface area (Å²) in [6.07, 6.45) is 3.74. The van der Waals surface area contributed by atoms with E-state index in [4.69, 9.17) is 14.7 Å². The van der Waals surface area contributed by atoms with E-state index in [-0.39, 0.29) is 11.9 Å². The van der Waals surface area contributed by atoms with Crippen molar-refractivity contribution in [2.24, 2.45) is 0 Å². The van der Waals surface area contributed by atoms with Gasteiger partial charge in [-0.1, -0.05) is 12.8 Å². The lowest BCUT2D eigenvalue weighted by Crippen LogP contribution is -2.17. The van der Waals surface area contributed by atoms with E-state index in [1.54, 1.807) is 36.9 Å². The number of nitrogens with one attached hydrogen (secondary N) is 1. The van der Waals surface area contributed by atoms with Crippen LogP contribution < -0.4 is 15.0 Å². The molecule has 1 amide bonds. The molecule has 0 bridgehead atoms. The topological polar surface area (TPSA) is 84.9 Å². The predicted octanol–water partition coefficient (Wildman–Crippen LogP) is 2.45. The number of carbonyl (C=O) groups excluding carboxylic acids is 2. The number of carbonyl (C=O) groups is 2. The van der Waals surface area contributed by atoms with E-state index in [0.29, 0.717) is 30.8 Å². The summed E-state index contributed by atoms with van der Waals surface area (Å²) in [4.78, 5) is 22.4. The molecule has 1 aromatic carbocycles. The van der Waals surface area contributed by atoms with E-state index in [1.165, 1.54) is 0 Å². The van der Waals surface area contributed by atoms with Crippen molar-refractivity contribution in [3.8, 4) is 11.5 Å². The van der Waals surface area contributed by atoms with Crippen LogP contribution in [-0.4, -0.2) is 24.2 Å². The van der Waals surface area contributed by atoms with Gasteiger partial charge in [0.05, 0.1) is 7.11 Å². The number of benzene rings is 1. The molecule has 1 rings (SSSR count). The van der Waals surface area contributed by atoms with E-state index < -0.39 is 0 Å². The SMILES string of the molecule is COc1ccc(OC(=O)CCCCCCC(=O)NO)cc1. The molecule has 6 heteroatoms. The van der Waals surface area contributed by atoms with Crippen LogP contribution in [0, 0.1) is 0 Å². The molecule has 0 aliphatic rings. The van der Waals surface area contributed by atoms with Crippen LogP contribution in [0.15, 0.2) is 24.3 Å². The number of ether oxygens (including phenoxy) is 2. The third-order valence-corrected chi connectivity index (χ3v) is 2.95. The summed E-state index contributed by atoms with van der Waals surface area (Å²) in [5.74, 6) is 0.560. The van der Waals surface area contributed by atoms with Gasteiger partial charge in [-0.25, -0.2) is 5.48 Å². The Labute approximate surface area is 124 Å². The van der Waals surface area contributed by atoms with Gasteiger partial charge in [0.2, 0.25) is 5.91 Å². The minimum Gasteiger partial charge on any atom is -0.497 e. The van der Waals surface area contributed by atoms with E-state index in [0.717, 1.165) is 19.3 Å². The summed E-state index contributed by atoms with van der Waals surface area (Å²) in [5.41, 5.74) is 1.59. The van der Waals surface area contributed by atoms with Gasteiger partial charge in [-0.3, -0.25) is 14.8 Å². The molecule has 0 fully saturated rings. The Morgan fingerprint density at radius 3 is 2.14 bits per heavy atom. The summed E-state index contributed by atoms with van der Waals surface area (Å²) < 4.78 is 10.2. The van der Waals surface area contributed by atoms with Crippen molar-refractivity contribution < 1.29 is 24.3 Å². The van der Waals surface area contributed by atoms with Crippen LogP contribution in [0.4, 0.5) is 0 Å². The van der Waals surface area contributed by atoms with Crippen LogP contribution >= 0.6 is 0 Å². The van der Waals surface area contributed by atoms with E-state index >= 15 is 0 Å². The molecule has 0 spiro atoms. The number of esters is 1. The molecule has 0 unspecified atom stereocenters. The molecule has 0 saturated heterocycles. The van der Waals surface area contributed by atoms with Gasteiger partial charge >= 0.3 is 5.97 Å². The summed E-state index contributed by atoms with van der Waals surface area (Å²) >= 11 is 0. The summed E-state index contributed by atoms with van der Waals surface area (Å²) in [7, 11) is 1.57. The zero-order valence-electron chi connectivity index (χ0n) is 12.1. The number of methoxy groups -OCH3 is 1. The molecule has 2 N–H and O–H groups in total. The van der Waals surface area contributed by atoms with Gasteiger partial charge in [0.15, 0.2) is 0 Å². The normalized spacial score (nSPS) is 10.0. The first-order valence-electron chi connectivity index (χ1n) is 6.93. The molecule has 0 aliphatic heterocycles. The first kappa shape index (κ1) is 17.0. The molecule has 0 heterocycles. The molecule has 0 saturated carbocycles. The molecule has 0 atom stereocenters. The Kier molecular flexibility index (Phi) is 7.89. The smallest absolute Gasteiger partial charge is 0.311 e. The van der Waals surface area contributed by atoms with Crippen molar-refractivity contribution >= 4 is 11.9 Å². The Hall–Kier alpha value is -2.08. The van der Waals surface area contributed by atoms with Crippen LogP contribution in [0.2, 0.25) is 0 Å². The van der Waals surface area contributed by atoms with E-state index in [1.807, 2.05) is 0 Å². The standard InChI is InChI=1S/C15H21NO5/c1-20-12-8-10-13(11-9-12)21-15(18)7-5-3-2-4-6-14(17)16-19/h8-11,19H,2-7H2,1H3,(H,16,17). The van der Waals surface area contributed by atoms with Crippen molar-refractivity contribution in [2.45, 2.75) is 38.5 Å². The van der Waals surface area contributed by atoms with Crippen molar-refractivity contribution in [1.29, 1.82) is 0 Å². The van der Waals surface area contributed by atoms with Gasteiger partial charge in [0.1, 0.15) is 11.5 Å². The highest BCUT2D eigenvalue weighted by Crippen LogP contribution is 2.17. The van der Waals surface area contributed by atoms with E-state index in [9.17, 15) is 9.59 Å². The number of hydrogen-bond acceptors (Lipinski definition) is 5. The first-order chi connectivity index (χ1) is 10.2. The fourth-order valence-electron chi connectivity index (χ4n) is 1.79. The summed E-state index contributed by atoms with van der Waals surface area (Å²) in [6, 6.07) is 6.83. The number of amides is 1. The number of hydroxylamine groups is 1. The second-order valence-corrected chi connectivity index (χ2v) is 4.60. The van der Waals surface area contributed by atoms with Gasteiger partial charge in [0.25, 0.3) is 0 Å². The fraction of sp³-hybridized carbons (Fsp3) is 0.467. The minimum atomic E-state index is -0.381. The molecule has 0 aromatic heterocycles. The molecule has 0 radical (unpaired) electrons. The summed E-state index contributed by atoms with van der Waals surface area (Å²) in [6.45, 7) is 0. The second-order valence-electron chi connectivity index (χ2n) is 4.60. The van der Waals surface area contributed by atoms with Crippen LogP contribution in [0.5, 0.6) is 11.5 Å². The number of rotatable bonds is 9. The maximum Gasteiger partial charge on any atom is 0.311 e. The van der Waals surface area contributed by atoms with Crippen molar-refractivity contribution in [3.05, 3.63) is 24.3 Å². The lowest BCUT2D eigenvalue weighted by atomic mass is 10.1. The molecular weight excluding hydrogens is 274 g/mol. The first-order valence-corrected chi connectivity index (χ1v) is 6.93.